The van der Waals surface area contributed by atoms with Crippen LogP contribution in [0.4, 0.5) is 0 Å². The highest BCUT2D eigenvalue weighted by molar-refractivity contribution is 5.72. The first-order chi connectivity index (χ1) is 40.2. The SMILES string of the molecule is Cc1cc(-c2ccccc2C)[n+](C)cc1-c1ccccc1.Cc1cccc(-c2cc[n+](C)c(-c3ccccc3C)c2)n1.Cc1cccc(-c2ccc(-c3ccccc3C)[n+](C)c2)n1.Cc1ccccc1-c1cc(-c2ccccn2)cc[n+]1C. The molecule has 0 atom stereocenters. The van der Waals surface area contributed by atoms with Gasteiger partial charge in [0.1, 0.15) is 28.2 Å². The number of hydrogen-bond acceptors (Lipinski definition) is 3. The van der Waals surface area contributed by atoms with Gasteiger partial charge in [-0.25, -0.2) is 18.3 Å². The van der Waals surface area contributed by atoms with E-state index in [2.05, 4.69) is 309 Å². The molecule has 7 nitrogen and oxygen atoms in total. The standard InChI is InChI=1S/C20H20N.2C19H19N2.C18H17N2/c1-15-9-7-8-12-18(15)20-13-16(2)19(14-21(20)3)17-10-5-4-6-11-17;1-14-7-4-5-9-17(14)19-13-16(11-12-21(19)3)18-10-6-8-15(2)20-18;1-14-7-4-5-9-17(14)19-12-11-16(13-21(19)3)18-10-6-8-15(2)20-18;1-14-7-3-4-8-16(14)18-13-15(10-12-20(18)2)17-9-5-6-11-19-17/h4-14H,1-3H3;2*4-13H,1-3H3;3-13H,1-2H3/q4*+1. The molecule has 0 saturated carbocycles. The molecule has 0 fully saturated rings. The van der Waals surface area contributed by atoms with Crippen LogP contribution in [0.1, 0.15) is 39.2 Å². The minimum absolute atomic E-state index is 1.00. The van der Waals surface area contributed by atoms with Crippen LogP contribution in [0, 0.1) is 48.5 Å². The van der Waals surface area contributed by atoms with Gasteiger partial charge in [-0.15, -0.1) is 0 Å². The van der Waals surface area contributed by atoms with E-state index in [-0.39, 0.29) is 0 Å². The molecule has 0 aliphatic heterocycles. The second-order valence-electron chi connectivity index (χ2n) is 21.3. The topological polar surface area (TPSA) is 54.2 Å². The van der Waals surface area contributed by atoms with Crippen LogP contribution >= 0.6 is 0 Å². The molecule has 83 heavy (non-hydrogen) atoms. The average molecular weight is 1090 g/mol. The Morgan fingerprint density at radius 1 is 0.265 bits per heavy atom. The Morgan fingerprint density at radius 3 is 1.13 bits per heavy atom. The zero-order chi connectivity index (χ0) is 58.4. The number of nitrogens with zero attached hydrogens (tertiary/aromatic N) is 7. The maximum absolute atomic E-state index is 4.62. The Kier molecular flexibility index (Phi) is 18.9. The highest BCUT2D eigenvalue weighted by Crippen LogP contribution is 2.29. The molecule has 0 aliphatic carbocycles. The minimum Gasteiger partial charge on any atom is -0.256 e. The number of aromatic nitrogens is 7. The lowest BCUT2D eigenvalue weighted by atomic mass is 9.98. The van der Waals surface area contributed by atoms with Gasteiger partial charge in [0.05, 0.1) is 22.6 Å². The van der Waals surface area contributed by atoms with E-state index in [0.29, 0.717) is 0 Å². The summed E-state index contributed by atoms with van der Waals surface area (Å²) in [6, 6.07) is 77.9. The first-order valence-corrected chi connectivity index (χ1v) is 28.3. The maximum Gasteiger partial charge on any atom is 0.213 e. The Hall–Kier alpha value is -9.85. The van der Waals surface area contributed by atoms with E-state index in [0.717, 1.165) is 45.2 Å². The second-order valence-corrected chi connectivity index (χ2v) is 21.3. The zero-order valence-electron chi connectivity index (χ0n) is 49.9. The number of rotatable bonds is 8. The summed E-state index contributed by atoms with van der Waals surface area (Å²) in [6.07, 6.45) is 10.4. The van der Waals surface area contributed by atoms with Gasteiger partial charge < -0.3 is 0 Å². The lowest BCUT2D eigenvalue weighted by Gasteiger charge is -2.09. The predicted octanol–water partition coefficient (Wildman–Crippen LogP) is 15.7. The molecule has 0 aliphatic rings. The molecule has 5 aromatic carbocycles. The largest absolute Gasteiger partial charge is 0.256 e. The van der Waals surface area contributed by atoms with Crippen molar-refractivity contribution in [3.05, 3.63) is 295 Å². The second kappa shape index (κ2) is 27.1. The Labute approximate surface area is 491 Å². The molecule has 0 bridgehead atoms. The molecule has 12 rings (SSSR count). The number of pyridine rings is 7. The van der Waals surface area contributed by atoms with Gasteiger partial charge >= 0.3 is 0 Å². The van der Waals surface area contributed by atoms with Gasteiger partial charge in [0, 0.05) is 92.9 Å². The monoisotopic (exact) mass is 1090 g/mol. The third-order valence-corrected chi connectivity index (χ3v) is 15.0. The van der Waals surface area contributed by atoms with Crippen LogP contribution in [0.25, 0.3) is 89.9 Å². The molecule has 0 N–H and O–H groups in total. The molecule has 7 aromatic heterocycles. The lowest BCUT2D eigenvalue weighted by molar-refractivity contribution is -0.660. The fourth-order valence-electron chi connectivity index (χ4n) is 10.4. The van der Waals surface area contributed by atoms with Crippen molar-refractivity contribution in [2.75, 3.05) is 0 Å². The number of benzene rings is 5. The van der Waals surface area contributed by atoms with Crippen LogP contribution in [0.2, 0.25) is 0 Å². The maximum atomic E-state index is 4.62. The van der Waals surface area contributed by atoms with E-state index in [1.807, 2.05) is 56.4 Å². The highest BCUT2D eigenvalue weighted by atomic mass is 14.9. The van der Waals surface area contributed by atoms with Gasteiger partial charge in [-0.2, -0.15) is 0 Å². The quantitative estimate of drug-likeness (QED) is 0.143. The Balaban J connectivity index is 0.000000133. The molecule has 0 unspecified atom stereocenters. The molecule has 7 heterocycles. The summed E-state index contributed by atoms with van der Waals surface area (Å²) in [4.78, 5) is 13.6. The number of aryl methyl sites for hydroxylation is 11. The molecule has 12 aromatic rings. The third-order valence-electron chi connectivity index (χ3n) is 15.0. The molecular weight excluding hydrogens is 1010 g/mol. The first-order valence-electron chi connectivity index (χ1n) is 28.3. The van der Waals surface area contributed by atoms with E-state index in [1.54, 1.807) is 0 Å². The summed E-state index contributed by atoms with van der Waals surface area (Å²) >= 11 is 0. The summed E-state index contributed by atoms with van der Waals surface area (Å²) in [5.41, 5.74) is 27.5. The molecule has 7 heteroatoms. The van der Waals surface area contributed by atoms with E-state index in [1.165, 1.54) is 84.0 Å². The van der Waals surface area contributed by atoms with Crippen molar-refractivity contribution in [3.8, 4) is 89.9 Å². The summed E-state index contributed by atoms with van der Waals surface area (Å²) in [6.45, 7) is 14.8. The van der Waals surface area contributed by atoms with Gasteiger partial charge in [-0.1, -0.05) is 121 Å². The van der Waals surface area contributed by atoms with Gasteiger partial charge in [-0.3, -0.25) is 15.0 Å². The summed E-state index contributed by atoms with van der Waals surface area (Å²) in [5.74, 6) is 0. The van der Waals surface area contributed by atoms with Crippen molar-refractivity contribution in [1.82, 2.24) is 15.0 Å². The molecular formula is C76H75N7+4. The van der Waals surface area contributed by atoms with Crippen molar-refractivity contribution in [3.63, 3.8) is 0 Å². The van der Waals surface area contributed by atoms with Gasteiger partial charge in [0.2, 0.25) is 22.8 Å². The first kappa shape index (κ1) is 57.8. The van der Waals surface area contributed by atoms with E-state index in [9.17, 15) is 0 Å². The van der Waals surface area contributed by atoms with Gasteiger partial charge in [0.15, 0.2) is 24.8 Å². The summed E-state index contributed by atoms with van der Waals surface area (Å²) in [7, 11) is 8.36. The summed E-state index contributed by atoms with van der Waals surface area (Å²) < 4.78 is 8.69. The Bertz CT molecular complexity index is 4170. The third kappa shape index (κ3) is 14.4. The molecule has 0 saturated heterocycles. The smallest absolute Gasteiger partial charge is 0.213 e. The minimum atomic E-state index is 1.00. The van der Waals surface area contributed by atoms with E-state index in [4.69, 9.17) is 0 Å². The van der Waals surface area contributed by atoms with Crippen LogP contribution in [-0.4, -0.2) is 15.0 Å². The van der Waals surface area contributed by atoms with Crippen LogP contribution in [0.15, 0.2) is 255 Å². The van der Waals surface area contributed by atoms with Crippen LogP contribution in [0.3, 0.4) is 0 Å². The summed E-state index contributed by atoms with van der Waals surface area (Å²) in [5, 5.41) is 0. The van der Waals surface area contributed by atoms with Crippen LogP contribution in [0.5, 0.6) is 0 Å². The van der Waals surface area contributed by atoms with E-state index >= 15 is 0 Å². The average Bonchev–Trinajstić information content (AvgIpc) is 3.71. The molecule has 0 spiro atoms. The zero-order valence-corrected chi connectivity index (χ0v) is 49.9. The fourth-order valence-corrected chi connectivity index (χ4v) is 10.4. The predicted molar refractivity (Wildman–Crippen MR) is 341 cm³/mol. The van der Waals surface area contributed by atoms with Gasteiger partial charge in [0.25, 0.3) is 0 Å². The lowest BCUT2D eigenvalue weighted by Crippen LogP contribution is -2.31. The fraction of sp³-hybridized carbons (Fsp3) is 0.145. The Morgan fingerprint density at radius 2 is 0.675 bits per heavy atom. The van der Waals surface area contributed by atoms with Crippen LogP contribution < -0.4 is 18.3 Å². The van der Waals surface area contributed by atoms with Crippen molar-refractivity contribution >= 4 is 0 Å². The van der Waals surface area contributed by atoms with Crippen molar-refractivity contribution in [2.45, 2.75) is 48.5 Å². The number of hydrogen-bond donors (Lipinski definition) is 0. The normalized spacial score (nSPS) is 10.6. The van der Waals surface area contributed by atoms with Gasteiger partial charge in [-0.05, 0) is 149 Å². The van der Waals surface area contributed by atoms with E-state index < -0.39 is 0 Å². The molecule has 410 valence electrons. The van der Waals surface area contributed by atoms with Crippen molar-refractivity contribution < 1.29 is 18.3 Å². The highest BCUT2D eigenvalue weighted by Gasteiger charge is 2.19. The van der Waals surface area contributed by atoms with Crippen molar-refractivity contribution in [1.29, 1.82) is 0 Å². The van der Waals surface area contributed by atoms with Crippen molar-refractivity contribution in [2.24, 2.45) is 28.2 Å². The molecule has 0 amide bonds. The molecule has 0 radical (unpaired) electrons. The van der Waals surface area contributed by atoms with Crippen LogP contribution in [-0.2, 0) is 28.2 Å².